The largest absolute Gasteiger partial charge is 0.497 e. The van der Waals surface area contributed by atoms with Crippen LogP contribution in [0.1, 0.15) is 38.2 Å². The molecular weight excluding hydrogens is 253 g/mol. The van der Waals surface area contributed by atoms with Crippen LogP contribution in [0.25, 0.3) is 0 Å². The van der Waals surface area contributed by atoms with Crippen LogP contribution >= 0.6 is 0 Å². The van der Waals surface area contributed by atoms with Gasteiger partial charge in [-0.1, -0.05) is 25.5 Å². The first-order valence-electron chi connectivity index (χ1n) is 7.42. The van der Waals surface area contributed by atoms with Gasteiger partial charge < -0.3 is 14.8 Å². The molecular formula is C15H24BNO3. The number of hydrogen-bond acceptors (Lipinski definition) is 4. The highest BCUT2D eigenvalue weighted by atomic mass is 16.5. The fraction of sp³-hybridized carbons (Fsp3) is 0.600. The van der Waals surface area contributed by atoms with Crippen molar-refractivity contribution in [3.63, 3.8) is 0 Å². The molecule has 0 saturated carbocycles. The van der Waals surface area contributed by atoms with E-state index < -0.39 is 7.12 Å². The molecule has 4 nitrogen and oxygen atoms in total. The molecule has 1 aliphatic heterocycles. The fourth-order valence-electron chi connectivity index (χ4n) is 3.05. The molecule has 110 valence electrons. The lowest BCUT2D eigenvalue weighted by Gasteiger charge is -2.35. The number of methoxy groups -OCH3 is 1. The van der Waals surface area contributed by atoms with Gasteiger partial charge in [0.05, 0.1) is 7.11 Å². The van der Waals surface area contributed by atoms with Gasteiger partial charge in [0.25, 0.3) is 0 Å². The first kappa shape index (κ1) is 15.4. The first-order chi connectivity index (χ1) is 9.65. The van der Waals surface area contributed by atoms with E-state index in [0.717, 1.165) is 18.7 Å². The zero-order valence-electron chi connectivity index (χ0n) is 12.4. The molecule has 0 bridgehead atoms. The maximum atomic E-state index is 9.43. The molecule has 2 rings (SSSR count). The van der Waals surface area contributed by atoms with Gasteiger partial charge in [-0.05, 0) is 37.4 Å². The Balaban J connectivity index is 2.14. The number of benzene rings is 1. The minimum atomic E-state index is -1.49. The van der Waals surface area contributed by atoms with Gasteiger partial charge in [0, 0.05) is 18.0 Å². The van der Waals surface area contributed by atoms with E-state index in [9.17, 15) is 10.0 Å². The van der Waals surface area contributed by atoms with Crippen LogP contribution in [0.2, 0.25) is 0 Å². The molecule has 1 atom stereocenters. The molecule has 1 aromatic rings. The van der Waals surface area contributed by atoms with E-state index in [1.165, 1.54) is 25.7 Å². The van der Waals surface area contributed by atoms with Gasteiger partial charge >= 0.3 is 7.12 Å². The van der Waals surface area contributed by atoms with Gasteiger partial charge in [-0.3, -0.25) is 4.90 Å². The van der Waals surface area contributed by atoms with E-state index in [2.05, 4.69) is 11.8 Å². The topological polar surface area (TPSA) is 52.9 Å². The summed E-state index contributed by atoms with van der Waals surface area (Å²) in [4.78, 5) is 2.50. The Morgan fingerprint density at radius 2 is 2.15 bits per heavy atom. The van der Waals surface area contributed by atoms with E-state index in [-0.39, 0.29) is 0 Å². The summed E-state index contributed by atoms with van der Waals surface area (Å²) in [5, 5.41) is 18.9. The second-order valence-electron chi connectivity index (χ2n) is 5.48. The second kappa shape index (κ2) is 7.11. The first-order valence-corrected chi connectivity index (χ1v) is 7.42. The van der Waals surface area contributed by atoms with Crippen LogP contribution in [-0.2, 0) is 6.54 Å². The molecule has 1 heterocycles. The zero-order valence-corrected chi connectivity index (χ0v) is 12.4. The summed E-state index contributed by atoms with van der Waals surface area (Å²) in [7, 11) is 0.0479. The lowest BCUT2D eigenvalue weighted by atomic mass is 9.78. The van der Waals surface area contributed by atoms with E-state index >= 15 is 0 Å². The summed E-state index contributed by atoms with van der Waals surface area (Å²) < 4.78 is 5.16. The van der Waals surface area contributed by atoms with Crippen molar-refractivity contribution in [3.8, 4) is 5.75 Å². The van der Waals surface area contributed by atoms with Crippen LogP contribution in [0.4, 0.5) is 0 Å². The van der Waals surface area contributed by atoms with Crippen molar-refractivity contribution in [2.45, 2.75) is 45.2 Å². The molecule has 20 heavy (non-hydrogen) atoms. The van der Waals surface area contributed by atoms with Crippen molar-refractivity contribution in [1.82, 2.24) is 4.90 Å². The number of ether oxygens (including phenoxy) is 1. The summed E-state index contributed by atoms with van der Waals surface area (Å²) in [6.07, 6.45) is 5.01. The highest BCUT2D eigenvalue weighted by Gasteiger charge is 2.22. The molecule has 1 aliphatic rings. The summed E-state index contributed by atoms with van der Waals surface area (Å²) in [6, 6.07) is 6.31. The normalized spacial score (nSPS) is 19.9. The van der Waals surface area contributed by atoms with E-state index in [1.807, 2.05) is 18.2 Å². The Morgan fingerprint density at radius 1 is 1.35 bits per heavy atom. The Kier molecular flexibility index (Phi) is 5.46. The molecule has 0 aromatic heterocycles. The summed E-state index contributed by atoms with van der Waals surface area (Å²) in [5.74, 6) is 0.523. The molecule has 0 radical (unpaired) electrons. The number of hydrogen-bond donors (Lipinski definition) is 2. The lowest BCUT2D eigenvalue weighted by molar-refractivity contribution is 0.136. The van der Waals surface area contributed by atoms with Gasteiger partial charge in [0.15, 0.2) is 0 Å². The van der Waals surface area contributed by atoms with Crippen LogP contribution in [0.3, 0.4) is 0 Å². The number of nitrogens with zero attached hydrogens (tertiary/aromatic N) is 1. The van der Waals surface area contributed by atoms with Gasteiger partial charge in [-0.25, -0.2) is 0 Å². The number of likely N-dealkylation sites (tertiary alicyclic amines) is 1. The van der Waals surface area contributed by atoms with Crippen molar-refractivity contribution < 1.29 is 14.8 Å². The zero-order chi connectivity index (χ0) is 14.5. The highest BCUT2D eigenvalue weighted by Crippen LogP contribution is 2.22. The monoisotopic (exact) mass is 277 g/mol. The average molecular weight is 277 g/mol. The highest BCUT2D eigenvalue weighted by molar-refractivity contribution is 6.59. The summed E-state index contributed by atoms with van der Waals surface area (Å²) >= 11 is 0. The third-order valence-electron chi connectivity index (χ3n) is 4.18. The maximum absolute atomic E-state index is 9.43. The van der Waals surface area contributed by atoms with E-state index in [4.69, 9.17) is 4.74 Å². The van der Waals surface area contributed by atoms with Crippen molar-refractivity contribution >= 4 is 12.6 Å². The molecule has 0 aliphatic carbocycles. The van der Waals surface area contributed by atoms with Crippen LogP contribution in [-0.4, -0.2) is 41.8 Å². The molecule has 1 aromatic carbocycles. The molecule has 0 amide bonds. The average Bonchev–Trinajstić information content (AvgIpc) is 2.47. The van der Waals surface area contributed by atoms with Crippen LogP contribution in [0.5, 0.6) is 5.75 Å². The van der Waals surface area contributed by atoms with Crippen molar-refractivity contribution in [2.24, 2.45) is 0 Å². The summed E-state index contributed by atoms with van der Waals surface area (Å²) in [6.45, 7) is 4.23. The predicted molar refractivity (Wildman–Crippen MR) is 81.2 cm³/mol. The third-order valence-corrected chi connectivity index (χ3v) is 4.18. The predicted octanol–water partition coefficient (Wildman–Crippen LogP) is 1.14. The smallest absolute Gasteiger partial charge is 0.492 e. The minimum Gasteiger partial charge on any atom is -0.497 e. The van der Waals surface area contributed by atoms with Gasteiger partial charge in [-0.15, -0.1) is 0 Å². The standard InChI is InChI=1S/C15H24BNO3/c1-3-13-6-4-5-9-17(13)11-12-7-8-15(20-2)14(10-12)16(18)19/h7-8,10,13,18-19H,3-6,9,11H2,1-2H3. The molecule has 0 spiro atoms. The fourth-order valence-corrected chi connectivity index (χ4v) is 3.05. The Bertz CT molecular complexity index is 439. The molecule has 1 unspecified atom stereocenters. The van der Waals surface area contributed by atoms with E-state index in [0.29, 0.717) is 17.3 Å². The number of rotatable bonds is 5. The maximum Gasteiger partial charge on any atom is 0.492 e. The Morgan fingerprint density at radius 3 is 2.80 bits per heavy atom. The van der Waals surface area contributed by atoms with Gasteiger partial charge in [0.1, 0.15) is 5.75 Å². The summed E-state index contributed by atoms with van der Waals surface area (Å²) in [5.41, 5.74) is 1.55. The molecule has 5 heteroatoms. The van der Waals surface area contributed by atoms with Crippen molar-refractivity contribution in [3.05, 3.63) is 23.8 Å². The Labute approximate surface area is 121 Å². The van der Waals surface area contributed by atoms with Crippen molar-refractivity contribution in [2.75, 3.05) is 13.7 Å². The SMILES string of the molecule is CCC1CCCCN1Cc1ccc(OC)c(B(O)O)c1. The van der Waals surface area contributed by atoms with Crippen LogP contribution < -0.4 is 10.2 Å². The minimum absolute atomic E-state index is 0.440. The van der Waals surface area contributed by atoms with Crippen LogP contribution in [0, 0.1) is 0 Å². The van der Waals surface area contributed by atoms with Crippen LogP contribution in [0.15, 0.2) is 18.2 Å². The molecule has 2 N–H and O–H groups in total. The van der Waals surface area contributed by atoms with Crippen molar-refractivity contribution in [1.29, 1.82) is 0 Å². The van der Waals surface area contributed by atoms with Gasteiger partial charge in [0.2, 0.25) is 0 Å². The molecule has 1 saturated heterocycles. The van der Waals surface area contributed by atoms with E-state index in [1.54, 1.807) is 7.11 Å². The second-order valence-corrected chi connectivity index (χ2v) is 5.48. The Hall–Kier alpha value is -1.04. The third kappa shape index (κ3) is 3.54. The van der Waals surface area contributed by atoms with Gasteiger partial charge in [-0.2, -0.15) is 0 Å². The number of piperidine rings is 1. The lowest BCUT2D eigenvalue weighted by Crippen LogP contribution is -2.39. The molecule has 1 fully saturated rings. The quantitative estimate of drug-likeness (QED) is 0.792.